The van der Waals surface area contributed by atoms with Crippen LogP contribution in [0.5, 0.6) is 5.88 Å². The number of methoxy groups -OCH3 is 1. The molecule has 0 fully saturated rings. The molecule has 1 atom stereocenters. The van der Waals surface area contributed by atoms with Gasteiger partial charge in [-0.25, -0.2) is 9.97 Å². The van der Waals surface area contributed by atoms with Crippen LogP contribution in [0.4, 0.5) is 0 Å². The van der Waals surface area contributed by atoms with E-state index in [4.69, 9.17) is 4.74 Å². The Morgan fingerprint density at radius 2 is 2.21 bits per heavy atom. The minimum Gasteiger partial charge on any atom is -0.481 e. The maximum absolute atomic E-state index is 5.05. The maximum Gasteiger partial charge on any atom is 0.216 e. The molecule has 1 rings (SSSR count). The third-order valence-electron chi connectivity index (χ3n) is 2.09. The van der Waals surface area contributed by atoms with E-state index in [1.807, 2.05) is 6.07 Å². The molecule has 4 heteroatoms. The molecule has 1 aromatic rings. The fourth-order valence-electron chi connectivity index (χ4n) is 1.36. The smallest absolute Gasteiger partial charge is 0.216 e. The summed E-state index contributed by atoms with van der Waals surface area (Å²) in [6.45, 7) is 5.15. The van der Waals surface area contributed by atoms with Gasteiger partial charge in [-0.05, 0) is 13.0 Å². The Morgan fingerprint density at radius 3 is 2.79 bits per heavy atom. The lowest BCUT2D eigenvalue weighted by molar-refractivity contribution is 0.393. The Bertz CT molecular complexity index is 278. The molecule has 1 aromatic heterocycles. The monoisotopic (exact) mass is 195 g/mol. The first-order valence-electron chi connectivity index (χ1n) is 4.91. The van der Waals surface area contributed by atoms with E-state index in [-0.39, 0.29) is 6.04 Å². The number of ether oxygens (including phenoxy) is 1. The van der Waals surface area contributed by atoms with Crippen LogP contribution in [0.2, 0.25) is 0 Å². The molecule has 0 radical (unpaired) electrons. The highest BCUT2D eigenvalue weighted by atomic mass is 16.5. The van der Waals surface area contributed by atoms with Crippen LogP contribution in [-0.4, -0.2) is 23.6 Å². The van der Waals surface area contributed by atoms with Crippen LogP contribution in [-0.2, 0) is 0 Å². The van der Waals surface area contributed by atoms with Crippen LogP contribution >= 0.6 is 0 Å². The lowest BCUT2D eigenvalue weighted by Gasteiger charge is -2.14. The van der Waals surface area contributed by atoms with Crippen molar-refractivity contribution in [2.75, 3.05) is 13.7 Å². The Kier molecular flexibility index (Phi) is 4.32. The lowest BCUT2D eigenvalue weighted by atomic mass is 10.1. The highest BCUT2D eigenvalue weighted by Crippen LogP contribution is 2.16. The van der Waals surface area contributed by atoms with Gasteiger partial charge in [-0.15, -0.1) is 0 Å². The molecule has 0 amide bonds. The lowest BCUT2D eigenvalue weighted by Crippen LogP contribution is -2.21. The predicted molar refractivity (Wildman–Crippen MR) is 55.3 cm³/mol. The fraction of sp³-hybridized carbons (Fsp3) is 0.600. The number of nitrogens with one attached hydrogen (secondary N) is 1. The predicted octanol–water partition coefficient (Wildman–Crippen LogP) is 1.55. The molecule has 0 saturated carbocycles. The van der Waals surface area contributed by atoms with Gasteiger partial charge in [0.1, 0.15) is 6.33 Å². The van der Waals surface area contributed by atoms with Crippen molar-refractivity contribution in [3.8, 4) is 5.88 Å². The quantitative estimate of drug-likeness (QED) is 0.774. The van der Waals surface area contributed by atoms with Crippen LogP contribution in [0, 0.1) is 0 Å². The van der Waals surface area contributed by atoms with Crippen molar-refractivity contribution < 1.29 is 4.74 Å². The zero-order valence-electron chi connectivity index (χ0n) is 8.95. The van der Waals surface area contributed by atoms with Crippen molar-refractivity contribution in [1.82, 2.24) is 15.3 Å². The van der Waals surface area contributed by atoms with Gasteiger partial charge >= 0.3 is 0 Å². The molecular formula is C10H17N3O. The van der Waals surface area contributed by atoms with Gasteiger partial charge in [-0.1, -0.05) is 13.8 Å². The van der Waals surface area contributed by atoms with E-state index in [9.17, 15) is 0 Å². The largest absolute Gasteiger partial charge is 0.481 e. The van der Waals surface area contributed by atoms with E-state index in [1.54, 1.807) is 7.11 Å². The minimum absolute atomic E-state index is 0.289. The van der Waals surface area contributed by atoms with E-state index in [0.717, 1.165) is 18.7 Å². The van der Waals surface area contributed by atoms with Gasteiger partial charge in [0.25, 0.3) is 0 Å². The number of hydrogen-bond donors (Lipinski definition) is 1. The van der Waals surface area contributed by atoms with Crippen molar-refractivity contribution >= 4 is 0 Å². The molecule has 0 aliphatic carbocycles. The van der Waals surface area contributed by atoms with Gasteiger partial charge in [0.05, 0.1) is 12.8 Å². The van der Waals surface area contributed by atoms with Crippen molar-refractivity contribution in [2.24, 2.45) is 0 Å². The summed E-state index contributed by atoms with van der Waals surface area (Å²) in [6.07, 6.45) is 2.54. The summed E-state index contributed by atoms with van der Waals surface area (Å²) in [7, 11) is 1.61. The molecular weight excluding hydrogens is 178 g/mol. The van der Waals surface area contributed by atoms with Gasteiger partial charge < -0.3 is 10.1 Å². The minimum atomic E-state index is 0.289. The molecule has 0 spiro atoms. The van der Waals surface area contributed by atoms with Crippen LogP contribution in [0.3, 0.4) is 0 Å². The molecule has 1 N–H and O–H groups in total. The van der Waals surface area contributed by atoms with E-state index < -0.39 is 0 Å². The third-order valence-corrected chi connectivity index (χ3v) is 2.09. The average Bonchev–Trinajstić information content (AvgIpc) is 2.26. The molecule has 0 bridgehead atoms. The summed E-state index contributed by atoms with van der Waals surface area (Å²) >= 11 is 0. The van der Waals surface area contributed by atoms with E-state index in [2.05, 4.69) is 29.1 Å². The summed E-state index contributed by atoms with van der Waals surface area (Å²) in [4.78, 5) is 8.20. The number of rotatable bonds is 5. The molecule has 1 unspecified atom stereocenters. The molecule has 0 aliphatic rings. The average molecular weight is 195 g/mol. The highest BCUT2D eigenvalue weighted by molar-refractivity contribution is 5.16. The zero-order chi connectivity index (χ0) is 10.4. The first-order valence-corrected chi connectivity index (χ1v) is 4.91. The summed E-state index contributed by atoms with van der Waals surface area (Å²) in [6, 6.07) is 2.16. The summed E-state index contributed by atoms with van der Waals surface area (Å²) in [5, 5.41) is 3.35. The van der Waals surface area contributed by atoms with Gasteiger partial charge in [-0.3, -0.25) is 0 Å². The molecule has 14 heavy (non-hydrogen) atoms. The van der Waals surface area contributed by atoms with Gasteiger partial charge in [0, 0.05) is 12.1 Å². The molecule has 0 aliphatic heterocycles. The molecule has 0 saturated heterocycles. The SMILES string of the molecule is CCNC(CC)c1cc(OC)ncn1. The third kappa shape index (κ3) is 2.67. The number of nitrogens with zero attached hydrogens (tertiary/aromatic N) is 2. The Hall–Kier alpha value is -1.16. The van der Waals surface area contributed by atoms with Gasteiger partial charge in [-0.2, -0.15) is 0 Å². The molecule has 1 heterocycles. The van der Waals surface area contributed by atoms with Crippen molar-refractivity contribution in [3.63, 3.8) is 0 Å². The summed E-state index contributed by atoms with van der Waals surface area (Å²) < 4.78 is 5.05. The van der Waals surface area contributed by atoms with Gasteiger partial charge in [0.15, 0.2) is 0 Å². The number of hydrogen-bond acceptors (Lipinski definition) is 4. The number of aromatic nitrogens is 2. The van der Waals surface area contributed by atoms with Crippen LogP contribution in [0.25, 0.3) is 0 Å². The maximum atomic E-state index is 5.05. The standard InChI is InChI=1S/C10H17N3O/c1-4-8(11-5-2)9-6-10(14-3)13-7-12-9/h6-8,11H,4-5H2,1-3H3. The second-order valence-corrected chi connectivity index (χ2v) is 3.00. The Morgan fingerprint density at radius 1 is 1.43 bits per heavy atom. The molecule has 78 valence electrons. The second-order valence-electron chi connectivity index (χ2n) is 3.00. The zero-order valence-corrected chi connectivity index (χ0v) is 8.95. The Balaban J connectivity index is 2.80. The van der Waals surface area contributed by atoms with Gasteiger partial charge in [0.2, 0.25) is 5.88 Å². The first-order chi connectivity index (χ1) is 6.81. The van der Waals surface area contributed by atoms with E-state index in [0.29, 0.717) is 5.88 Å². The second kappa shape index (κ2) is 5.54. The van der Waals surface area contributed by atoms with Crippen molar-refractivity contribution in [2.45, 2.75) is 26.3 Å². The Labute approximate surface area is 84.7 Å². The van der Waals surface area contributed by atoms with E-state index in [1.165, 1.54) is 6.33 Å². The van der Waals surface area contributed by atoms with Crippen LogP contribution < -0.4 is 10.1 Å². The first kappa shape index (κ1) is 10.9. The van der Waals surface area contributed by atoms with E-state index >= 15 is 0 Å². The summed E-state index contributed by atoms with van der Waals surface area (Å²) in [5.41, 5.74) is 0.987. The summed E-state index contributed by atoms with van der Waals surface area (Å²) in [5.74, 6) is 0.617. The normalized spacial score (nSPS) is 12.5. The van der Waals surface area contributed by atoms with Crippen molar-refractivity contribution in [3.05, 3.63) is 18.1 Å². The molecule has 0 aromatic carbocycles. The molecule has 4 nitrogen and oxygen atoms in total. The fourth-order valence-corrected chi connectivity index (χ4v) is 1.36. The van der Waals surface area contributed by atoms with Crippen LogP contribution in [0.15, 0.2) is 12.4 Å². The van der Waals surface area contributed by atoms with Crippen LogP contribution in [0.1, 0.15) is 32.0 Å². The highest BCUT2D eigenvalue weighted by Gasteiger charge is 2.09. The topological polar surface area (TPSA) is 47.0 Å². The van der Waals surface area contributed by atoms with Crippen molar-refractivity contribution in [1.29, 1.82) is 0 Å².